The van der Waals surface area contributed by atoms with Crippen molar-refractivity contribution in [3.8, 4) is 28.9 Å². The zero-order valence-corrected chi connectivity index (χ0v) is 24.9. The SMILES string of the molecule is CCc1cccc2cc(O)cc(-c3cc4nc(OC[C@@]56CCCN5C[C@H](F)C6)nc5c4c(n3)OC[C@@H]3[C@@H]4CC[C@H](CN53)N4)c12. The number of nitrogens with one attached hydrogen (secondary N) is 1. The Labute approximate surface area is 255 Å². The van der Waals surface area contributed by atoms with Crippen LogP contribution in [0.25, 0.3) is 32.9 Å². The average Bonchev–Trinajstić information content (AvgIpc) is 3.66. The van der Waals surface area contributed by atoms with Crippen LogP contribution in [0.1, 0.15) is 44.6 Å². The number of fused-ring (bicyclic) bond motifs is 7. The zero-order chi connectivity index (χ0) is 29.6. The van der Waals surface area contributed by atoms with Gasteiger partial charge in [0.2, 0.25) is 5.88 Å². The van der Waals surface area contributed by atoms with E-state index in [-0.39, 0.29) is 17.3 Å². The van der Waals surface area contributed by atoms with Crippen molar-refractivity contribution in [2.75, 3.05) is 37.7 Å². The van der Waals surface area contributed by atoms with Crippen LogP contribution in [0, 0.1) is 0 Å². The lowest BCUT2D eigenvalue weighted by Crippen LogP contribution is -2.60. The van der Waals surface area contributed by atoms with E-state index in [1.165, 1.54) is 5.56 Å². The average molecular weight is 597 g/mol. The Kier molecular flexibility index (Phi) is 5.97. The second-order valence-corrected chi connectivity index (χ2v) is 13.3. The van der Waals surface area contributed by atoms with Crippen molar-refractivity contribution >= 4 is 27.5 Å². The van der Waals surface area contributed by atoms with Crippen LogP contribution in [0.5, 0.6) is 17.6 Å². The number of ether oxygens (including phenoxy) is 2. The number of anilines is 1. The highest BCUT2D eigenvalue weighted by molar-refractivity contribution is 6.02. The van der Waals surface area contributed by atoms with Crippen LogP contribution < -0.4 is 19.7 Å². The first-order valence-corrected chi connectivity index (χ1v) is 16.1. The number of nitrogens with zero attached hydrogens (tertiary/aromatic N) is 5. The summed E-state index contributed by atoms with van der Waals surface area (Å²) in [6, 6.07) is 12.9. The van der Waals surface area contributed by atoms with Gasteiger partial charge in [0.1, 0.15) is 36.3 Å². The number of benzene rings is 2. The van der Waals surface area contributed by atoms with Crippen molar-refractivity contribution in [2.24, 2.45) is 0 Å². The summed E-state index contributed by atoms with van der Waals surface area (Å²) in [6.45, 7) is 5.21. The van der Waals surface area contributed by atoms with Crippen molar-refractivity contribution in [1.82, 2.24) is 25.2 Å². The monoisotopic (exact) mass is 596 g/mol. The Hall–Kier alpha value is -3.76. The third-order valence-corrected chi connectivity index (χ3v) is 10.8. The minimum Gasteiger partial charge on any atom is -0.508 e. The molecule has 5 aliphatic rings. The number of hydrogen-bond acceptors (Lipinski definition) is 9. The van der Waals surface area contributed by atoms with Gasteiger partial charge in [0.05, 0.1) is 22.8 Å². The molecule has 2 bridgehead atoms. The molecule has 4 aromatic rings. The number of aryl methyl sites for hydroxylation is 1. The van der Waals surface area contributed by atoms with Gasteiger partial charge in [0.25, 0.3) is 0 Å². The number of aromatic nitrogens is 3. The van der Waals surface area contributed by atoms with Crippen LogP contribution in [-0.2, 0) is 6.42 Å². The van der Waals surface area contributed by atoms with Crippen LogP contribution >= 0.6 is 0 Å². The van der Waals surface area contributed by atoms with E-state index in [4.69, 9.17) is 24.4 Å². The molecule has 2 N–H and O–H groups in total. The van der Waals surface area contributed by atoms with E-state index in [1.54, 1.807) is 12.1 Å². The maximum atomic E-state index is 14.5. The Bertz CT molecular complexity index is 1800. The van der Waals surface area contributed by atoms with E-state index in [1.807, 2.05) is 18.2 Å². The molecular weight excluding hydrogens is 559 g/mol. The van der Waals surface area contributed by atoms with Gasteiger partial charge in [-0.1, -0.05) is 25.1 Å². The maximum Gasteiger partial charge on any atom is 0.319 e. The smallest absolute Gasteiger partial charge is 0.319 e. The minimum atomic E-state index is -0.823. The van der Waals surface area contributed by atoms with Gasteiger partial charge < -0.3 is 24.8 Å². The highest BCUT2D eigenvalue weighted by Gasteiger charge is 2.50. The van der Waals surface area contributed by atoms with E-state index in [0.717, 1.165) is 72.7 Å². The Morgan fingerprint density at radius 2 is 2.07 bits per heavy atom. The largest absolute Gasteiger partial charge is 0.508 e. The first-order valence-electron chi connectivity index (χ1n) is 16.1. The predicted molar refractivity (Wildman–Crippen MR) is 166 cm³/mol. The van der Waals surface area contributed by atoms with Crippen LogP contribution in [0.15, 0.2) is 36.4 Å². The topological polar surface area (TPSA) is 95.9 Å². The summed E-state index contributed by atoms with van der Waals surface area (Å²) in [6.07, 6.45) is 4.73. The summed E-state index contributed by atoms with van der Waals surface area (Å²) < 4.78 is 27.5. The first kappa shape index (κ1) is 26.6. The second kappa shape index (κ2) is 9.87. The van der Waals surface area contributed by atoms with E-state index < -0.39 is 6.17 Å². The number of hydrogen-bond donors (Lipinski definition) is 2. The number of phenols is 1. The number of pyridine rings is 1. The third kappa shape index (κ3) is 4.06. The lowest BCUT2D eigenvalue weighted by atomic mass is 9.95. The highest BCUT2D eigenvalue weighted by Crippen LogP contribution is 2.44. The molecule has 4 fully saturated rings. The van der Waals surface area contributed by atoms with E-state index in [2.05, 4.69) is 28.1 Å². The Balaban J connectivity index is 1.21. The summed E-state index contributed by atoms with van der Waals surface area (Å²) >= 11 is 0. The van der Waals surface area contributed by atoms with Crippen LogP contribution in [0.3, 0.4) is 0 Å². The number of aromatic hydroxyl groups is 1. The van der Waals surface area contributed by atoms with Gasteiger partial charge in [-0.25, -0.2) is 9.37 Å². The van der Waals surface area contributed by atoms with Crippen LogP contribution in [0.2, 0.25) is 0 Å². The van der Waals surface area contributed by atoms with Gasteiger partial charge >= 0.3 is 6.01 Å². The molecule has 0 amide bonds. The van der Waals surface area contributed by atoms with Crippen LogP contribution in [-0.4, -0.2) is 87.6 Å². The van der Waals surface area contributed by atoms with Crippen LogP contribution in [0.4, 0.5) is 10.2 Å². The van der Waals surface area contributed by atoms with Crippen molar-refractivity contribution < 1.29 is 19.0 Å². The molecule has 228 valence electrons. The van der Waals surface area contributed by atoms with E-state index in [9.17, 15) is 9.50 Å². The lowest BCUT2D eigenvalue weighted by molar-refractivity contribution is 0.107. The van der Waals surface area contributed by atoms with Crippen molar-refractivity contribution in [1.29, 1.82) is 0 Å². The molecule has 0 saturated carbocycles. The Morgan fingerprint density at radius 3 is 2.98 bits per heavy atom. The molecular formula is C34H37FN6O3. The molecule has 0 aliphatic carbocycles. The Morgan fingerprint density at radius 1 is 1.14 bits per heavy atom. The number of piperazine rings is 1. The standard InChI is InChI=1S/C34H37FN6O3/c1-2-19-5-3-6-20-11-23(42)12-24(29(19)20)26-13-27-30-31(41-16-22-7-8-25(36-22)28(41)17-43-32(30)37-26)39-33(38-27)44-18-34-9-4-10-40(34)15-21(35)14-34/h3,5-6,11-13,21-22,25,28,36,42H,2,4,7-10,14-18H2,1H3/t21-,22-,25+,28-,34+/m1/s1. The van der Waals surface area contributed by atoms with Gasteiger partial charge in [-0.05, 0) is 73.2 Å². The van der Waals surface area contributed by atoms with E-state index >= 15 is 0 Å². The maximum absolute atomic E-state index is 14.5. The fourth-order valence-corrected chi connectivity index (χ4v) is 8.73. The fraction of sp³-hybridized carbons (Fsp3) is 0.500. The second-order valence-electron chi connectivity index (χ2n) is 13.3. The summed E-state index contributed by atoms with van der Waals surface area (Å²) in [5.74, 6) is 1.49. The molecule has 2 aromatic carbocycles. The number of phenolic OH excluding ortho intramolecular Hbond substituents is 1. The normalized spacial score (nSPS) is 29.1. The fourth-order valence-electron chi connectivity index (χ4n) is 8.73. The number of rotatable bonds is 5. The third-order valence-electron chi connectivity index (χ3n) is 10.8. The molecule has 10 heteroatoms. The molecule has 5 aliphatic heterocycles. The molecule has 9 nitrogen and oxygen atoms in total. The summed E-state index contributed by atoms with van der Waals surface area (Å²) in [5.41, 5.74) is 3.10. The summed E-state index contributed by atoms with van der Waals surface area (Å²) in [5, 5.41) is 17.3. The van der Waals surface area contributed by atoms with Gasteiger partial charge in [-0.2, -0.15) is 9.97 Å². The summed E-state index contributed by atoms with van der Waals surface area (Å²) in [7, 11) is 0. The summed E-state index contributed by atoms with van der Waals surface area (Å²) in [4.78, 5) is 19.7. The van der Waals surface area contributed by atoms with E-state index in [0.29, 0.717) is 61.4 Å². The molecule has 9 rings (SSSR count). The highest BCUT2D eigenvalue weighted by atomic mass is 19.1. The first-order chi connectivity index (χ1) is 21.5. The molecule has 7 heterocycles. The van der Waals surface area contributed by atoms with Gasteiger partial charge in [0, 0.05) is 37.2 Å². The quantitative estimate of drug-likeness (QED) is 0.338. The van der Waals surface area contributed by atoms with Gasteiger partial charge in [-0.3, -0.25) is 4.90 Å². The molecule has 0 spiro atoms. The predicted octanol–water partition coefficient (Wildman–Crippen LogP) is 4.77. The molecule has 4 saturated heterocycles. The number of alkyl halides is 1. The van der Waals surface area contributed by atoms with Crippen molar-refractivity contribution in [3.63, 3.8) is 0 Å². The molecule has 44 heavy (non-hydrogen) atoms. The van der Waals surface area contributed by atoms with Gasteiger partial charge in [0.15, 0.2) is 0 Å². The molecule has 0 unspecified atom stereocenters. The van der Waals surface area contributed by atoms with Crippen molar-refractivity contribution in [3.05, 3.63) is 42.0 Å². The molecule has 5 atom stereocenters. The minimum absolute atomic E-state index is 0.108. The van der Waals surface area contributed by atoms with Gasteiger partial charge in [-0.15, -0.1) is 0 Å². The van der Waals surface area contributed by atoms with Crippen molar-refractivity contribution in [2.45, 2.75) is 75.3 Å². The molecule has 0 radical (unpaired) electrons. The zero-order valence-electron chi connectivity index (χ0n) is 24.9. The molecule has 2 aromatic heterocycles. The lowest BCUT2D eigenvalue weighted by Gasteiger charge is -2.40. The number of halogens is 1.